The summed E-state index contributed by atoms with van der Waals surface area (Å²) in [5, 5.41) is 20.1. The van der Waals surface area contributed by atoms with Crippen molar-refractivity contribution < 1.29 is 29.3 Å². The van der Waals surface area contributed by atoms with E-state index in [0.717, 1.165) is 94.4 Å². The number of hydrogen-bond donors (Lipinski definition) is 3. The number of benzene rings is 2. The van der Waals surface area contributed by atoms with E-state index >= 15 is 0 Å². The largest absolute Gasteiger partial charge is 0.491 e. The second kappa shape index (κ2) is 19.1. The summed E-state index contributed by atoms with van der Waals surface area (Å²) in [7, 11) is 1.86. The van der Waals surface area contributed by atoms with Crippen molar-refractivity contribution in [3.63, 3.8) is 0 Å². The Bertz CT molecular complexity index is 1650. The number of carboxylic acids is 1. The zero-order chi connectivity index (χ0) is 39.1. The van der Waals surface area contributed by atoms with E-state index in [4.69, 9.17) is 21.1 Å². The lowest BCUT2D eigenvalue weighted by molar-refractivity contribution is -0.138. The highest BCUT2D eigenvalue weighted by Gasteiger charge is 2.48. The van der Waals surface area contributed by atoms with Gasteiger partial charge < -0.3 is 24.6 Å². The normalized spacial score (nSPS) is 29.2. The number of aryl methyl sites for hydroxylation is 1. The average Bonchev–Trinajstić information content (AvgIpc) is 3.34. The van der Waals surface area contributed by atoms with Crippen molar-refractivity contribution in [1.29, 1.82) is 0 Å². The minimum absolute atomic E-state index is 0.0179. The molecule has 2 bridgehead atoms. The molecule has 1 aliphatic carbocycles. The van der Waals surface area contributed by atoms with Gasteiger partial charge in [0.1, 0.15) is 11.4 Å². The number of ether oxygens (including phenoxy) is 2. The zero-order valence-corrected chi connectivity index (χ0v) is 34.6. The van der Waals surface area contributed by atoms with Crippen LogP contribution < -0.4 is 14.4 Å². The van der Waals surface area contributed by atoms with Crippen LogP contribution in [0.5, 0.6) is 5.75 Å². The van der Waals surface area contributed by atoms with Crippen LogP contribution in [0.3, 0.4) is 0 Å². The summed E-state index contributed by atoms with van der Waals surface area (Å²) in [5.41, 5.74) is 3.61. The second-order valence-corrected chi connectivity index (χ2v) is 17.9. The number of nitrogens with one attached hydrogen (secondary N) is 1. The maximum atomic E-state index is 13.6. The molecule has 3 heterocycles. The number of aliphatic hydroxyl groups is 1. The number of anilines is 1. The molecule has 0 radical (unpaired) electrons. The number of piperazine rings is 1. The van der Waals surface area contributed by atoms with Crippen molar-refractivity contribution in [2.24, 2.45) is 17.8 Å². The fourth-order valence-corrected chi connectivity index (χ4v) is 10.1. The summed E-state index contributed by atoms with van der Waals surface area (Å²) in [4.78, 5) is 32.4. The van der Waals surface area contributed by atoms with Crippen molar-refractivity contribution in [2.75, 3.05) is 71.0 Å². The standard InChI is InChI=1S/C43H61ClN4O6S/c1-5-7-31-22-35(44)11-12-37(31)34-26-48-25-33-9-13-38(33)43(53-4,28-46-17-19-47(20-18-46)36(15-21-49)24-41(50)51)16-6-8-29(2)30(3)55-45-42(52)32-10-14-40(54-27-34)39(48)23-32/h6,10-12,14,16,22-23,29-30,33-34,36,38,49H,5,7-9,13,15,17-21,24-28H2,1-4H3,(H,45,52)(H,50,51)/b16-6+/t29-,30+,33-,34-,36+,38+,43+/m0/s1. The van der Waals surface area contributed by atoms with Crippen LogP contribution in [-0.4, -0.2) is 115 Å². The van der Waals surface area contributed by atoms with Gasteiger partial charge in [0, 0.05) is 87.3 Å². The predicted molar refractivity (Wildman–Crippen MR) is 221 cm³/mol. The molecule has 3 aliphatic heterocycles. The van der Waals surface area contributed by atoms with Crippen molar-refractivity contribution in [1.82, 2.24) is 14.5 Å². The van der Waals surface area contributed by atoms with Gasteiger partial charge in [0.15, 0.2) is 0 Å². The highest BCUT2D eigenvalue weighted by molar-refractivity contribution is 7.98. The van der Waals surface area contributed by atoms with E-state index in [2.05, 4.69) is 64.5 Å². The number of aliphatic carboxylic acids is 1. The van der Waals surface area contributed by atoms with Crippen LogP contribution in [0.1, 0.15) is 86.7 Å². The fourth-order valence-electron chi connectivity index (χ4n) is 9.14. The molecule has 1 saturated heterocycles. The molecule has 4 aliphatic rings. The molecule has 0 spiro atoms. The van der Waals surface area contributed by atoms with Crippen LogP contribution in [-0.2, 0) is 16.0 Å². The number of methoxy groups -OCH3 is 1. The molecule has 10 nitrogen and oxygen atoms in total. The molecule has 0 aromatic heterocycles. The molecule has 55 heavy (non-hydrogen) atoms. The molecule has 1 saturated carbocycles. The summed E-state index contributed by atoms with van der Waals surface area (Å²) in [6.07, 6.45) is 10.1. The van der Waals surface area contributed by atoms with Gasteiger partial charge in [-0.25, -0.2) is 0 Å². The monoisotopic (exact) mass is 796 g/mol. The van der Waals surface area contributed by atoms with E-state index in [-0.39, 0.29) is 42.1 Å². The van der Waals surface area contributed by atoms with Crippen molar-refractivity contribution in [3.05, 3.63) is 70.3 Å². The fraction of sp³-hybridized carbons (Fsp3) is 0.628. The lowest BCUT2D eigenvalue weighted by Gasteiger charge is -2.52. The highest BCUT2D eigenvalue weighted by atomic mass is 35.5. The molecule has 12 heteroatoms. The smallest absolute Gasteiger partial charge is 0.304 e. The number of hydrogen-bond acceptors (Lipinski definition) is 9. The first kappa shape index (κ1) is 41.8. The van der Waals surface area contributed by atoms with Gasteiger partial charge in [-0.1, -0.05) is 57.0 Å². The Balaban J connectivity index is 1.31. The van der Waals surface area contributed by atoms with Gasteiger partial charge in [-0.05, 0) is 103 Å². The van der Waals surface area contributed by atoms with E-state index in [0.29, 0.717) is 30.4 Å². The van der Waals surface area contributed by atoms with E-state index in [1.54, 1.807) is 0 Å². The number of carbonyl (C=O) groups is 2. The molecule has 2 fully saturated rings. The van der Waals surface area contributed by atoms with Gasteiger partial charge in [-0.2, -0.15) is 0 Å². The number of carbonyl (C=O) groups excluding carboxylic acids is 1. The predicted octanol–water partition coefficient (Wildman–Crippen LogP) is 6.89. The Labute approximate surface area is 337 Å². The van der Waals surface area contributed by atoms with Crippen molar-refractivity contribution in [2.45, 2.75) is 88.5 Å². The minimum Gasteiger partial charge on any atom is -0.491 e. The summed E-state index contributed by atoms with van der Waals surface area (Å²) in [5.74, 6) is 0.940. The number of allylic oxidation sites excluding steroid dienone is 1. The van der Waals surface area contributed by atoms with Crippen LogP contribution in [0.4, 0.5) is 5.69 Å². The Morgan fingerprint density at radius 2 is 1.93 bits per heavy atom. The SMILES string of the molecule is CCCc1cc(Cl)ccc1[C@@H]1COc2ccc3cc2N(C1)C[C@@H]1CC[C@H]1[C@@](CN1CCN([C@H](CCO)CC(=O)O)CC1)(OC)/C=C/C[C@H](C)[C@@H](C)SNC3=O. The lowest BCUT2D eigenvalue weighted by atomic mass is 9.63. The van der Waals surface area contributed by atoms with Gasteiger partial charge in [0.05, 0.1) is 18.7 Å². The summed E-state index contributed by atoms with van der Waals surface area (Å²) in [6, 6.07) is 12.0. The van der Waals surface area contributed by atoms with E-state index < -0.39 is 11.6 Å². The van der Waals surface area contributed by atoms with Crippen LogP contribution >= 0.6 is 23.5 Å². The Morgan fingerprint density at radius 3 is 2.62 bits per heavy atom. The highest BCUT2D eigenvalue weighted by Crippen LogP contribution is 2.47. The molecule has 2 aromatic rings. The number of aliphatic hydroxyl groups excluding tert-OH is 1. The molecule has 1 amide bonds. The average molecular weight is 798 g/mol. The lowest BCUT2D eigenvalue weighted by Crippen LogP contribution is -2.59. The van der Waals surface area contributed by atoms with Crippen molar-refractivity contribution in [3.8, 4) is 5.75 Å². The molecular formula is C43H61ClN4O6S. The van der Waals surface area contributed by atoms with E-state index in [1.165, 1.54) is 23.1 Å². The summed E-state index contributed by atoms with van der Waals surface area (Å²) >= 11 is 7.99. The van der Waals surface area contributed by atoms with Crippen LogP contribution in [0, 0.1) is 17.8 Å². The van der Waals surface area contributed by atoms with E-state index in [9.17, 15) is 19.8 Å². The van der Waals surface area contributed by atoms with Crippen LogP contribution in [0.2, 0.25) is 5.02 Å². The van der Waals surface area contributed by atoms with Crippen molar-refractivity contribution >= 4 is 41.1 Å². The van der Waals surface area contributed by atoms with Crippen LogP contribution in [0.25, 0.3) is 0 Å². The van der Waals surface area contributed by atoms with Gasteiger partial charge in [0.25, 0.3) is 5.91 Å². The van der Waals surface area contributed by atoms with Gasteiger partial charge in [-0.3, -0.25) is 24.1 Å². The summed E-state index contributed by atoms with van der Waals surface area (Å²) in [6.45, 7) is 12.6. The third-order valence-electron chi connectivity index (χ3n) is 12.7. The summed E-state index contributed by atoms with van der Waals surface area (Å²) < 4.78 is 16.5. The first-order valence-corrected chi connectivity index (χ1v) is 21.6. The third kappa shape index (κ3) is 10.0. The number of amides is 1. The molecule has 0 unspecified atom stereocenters. The maximum absolute atomic E-state index is 13.6. The quantitative estimate of drug-likeness (QED) is 0.164. The minimum atomic E-state index is -0.827. The van der Waals surface area contributed by atoms with Crippen LogP contribution in [0.15, 0.2) is 48.6 Å². The first-order chi connectivity index (χ1) is 26.5. The number of fused-ring (bicyclic) bond motifs is 2. The van der Waals surface area contributed by atoms with E-state index in [1.807, 2.05) is 31.4 Å². The molecule has 302 valence electrons. The van der Waals surface area contributed by atoms with Gasteiger partial charge in [0.2, 0.25) is 0 Å². The molecule has 2 aromatic carbocycles. The number of rotatable bonds is 11. The topological polar surface area (TPSA) is 115 Å². The van der Waals surface area contributed by atoms with Gasteiger partial charge in [-0.15, -0.1) is 0 Å². The Morgan fingerprint density at radius 1 is 1.13 bits per heavy atom. The Kier molecular flexibility index (Phi) is 14.5. The van der Waals surface area contributed by atoms with Gasteiger partial charge >= 0.3 is 5.97 Å². The molecule has 6 rings (SSSR count). The third-order valence-corrected chi connectivity index (χ3v) is 14.1. The number of carboxylic acid groups (broad SMARTS) is 1. The second-order valence-electron chi connectivity index (χ2n) is 16.2. The molecule has 7 atom stereocenters. The number of nitrogens with zero attached hydrogens (tertiary/aromatic N) is 3. The molecule has 3 N–H and O–H groups in total. The zero-order valence-electron chi connectivity index (χ0n) is 33.1. The molecular weight excluding hydrogens is 736 g/mol. The first-order valence-electron chi connectivity index (χ1n) is 20.3. The number of halogens is 1. The Hall–Kier alpha value is -2.80. The maximum Gasteiger partial charge on any atom is 0.304 e.